The summed E-state index contributed by atoms with van der Waals surface area (Å²) in [6, 6.07) is 11.3. The molecule has 1 saturated heterocycles. The molecule has 1 saturated carbocycles. The molecular weight excluding hydrogens is 459 g/mol. The van der Waals surface area contributed by atoms with Crippen LogP contribution in [0.2, 0.25) is 0 Å². The number of aromatic amines is 1. The average molecular weight is 487 g/mol. The Bertz CT molecular complexity index is 1450. The van der Waals surface area contributed by atoms with E-state index in [-0.39, 0.29) is 34.4 Å². The fourth-order valence-corrected chi connectivity index (χ4v) is 5.33. The molecule has 0 radical (unpaired) electrons. The Morgan fingerprint density at radius 1 is 1.06 bits per heavy atom. The van der Waals surface area contributed by atoms with E-state index in [1.807, 2.05) is 12.1 Å². The van der Waals surface area contributed by atoms with Gasteiger partial charge in [-0.25, -0.2) is 19.5 Å². The van der Waals surface area contributed by atoms with Crippen LogP contribution >= 0.6 is 0 Å². The molecule has 8 nitrogen and oxygen atoms in total. The molecule has 3 aromatic heterocycles. The first-order valence-corrected chi connectivity index (χ1v) is 12.5. The summed E-state index contributed by atoms with van der Waals surface area (Å²) in [7, 11) is 0. The summed E-state index contributed by atoms with van der Waals surface area (Å²) in [6.07, 6.45) is 9.42. The molecule has 2 fully saturated rings. The van der Waals surface area contributed by atoms with Crippen LogP contribution in [0.3, 0.4) is 0 Å². The predicted molar refractivity (Wildman–Crippen MR) is 133 cm³/mol. The lowest BCUT2D eigenvalue weighted by molar-refractivity contribution is 0.0455. The summed E-state index contributed by atoms with van der Waals surface area (Å²) in [5.74, 6) is 0.549. The second-order valence-corrected chi connectivity index (χ2v) is 9.85. The van der Waals surface area contributed by atoms with Crippen LogP contribution in [0.1, 0.15) is 41.6 Å². The Balaban J connectivity index is 1.41. The third kappa shape index (κ3) is 4.08. The molecule has 9 heteroatoms. The first kappa shape index (κ1) is 22.6. The van der Waals surface area contributed by atoms with Crippen molar-refractivity contribution in [2.24, 2.45) is 11.8 Å². The highest BCUT2D eigenvalue weighted by Gasteiger charge is 2.35. The van der Waals surface area contributed by atoms with Crippen LogP contribution in [0.5, 0.6) is 0 Å². The van der Waals surface area contributed by atoms with Crippen molar-refractivity contribution in [1.82, 2.24) is 29.5 Å². The quantitative estimate of drug-likeness (QED) is 0.446. The Hall–Kier alpha value is -3.88. The van der Waals surface area contributed by atoms with Gasteiger partial charge in [-0.3, -0.25) is 19.1 Å². The highest BCUT2D eigenvalue weighted by atomic mass is 19.1. The number of alkyl halides is 1. The summed E-state index contributed by atoms with van der Waals surface area (Å²) in [6.45, 7) is 0.188. The van der Waals surface area contributed by atoms with E-state index >= 15 is 0 Å². The van der Waals surface area contributed by atoms with Gasteiger partial charge in [-0.2, -0.15) is 0 Å². The molecule has 0 unspecified atom stereocenters. The van der Waals surface area contributed by atoms with Gasteiger partial charge in [-0.05, 0) is 24.0 Å². The van der Waals surface area contributed by atoms with Crippen molar-refractivity contribution in [2.75, 3.05) is 19.8 Å². The van der Waals surface area contributed by atoms with Crippen molar-refractivity contribution >= 4 is 11.6 Å². The second kappa shape index (κ2) is 9.29. The van der Waals surface area contributed by atoms with Gasteiger partial charge in [0.05, 0.1) is 12.4 Å². The summed E-state index contributed by atoms with van der Waals surface area (Å²) in [5, 5.41) is 2.98. The van der Waals surface area contributed by atoms with Crippen LogP contribution in [-0.2, 0) is 6.42 Å². The normalized spacial score (nSPS) is 16.5. The minimum atomic E-state index is -0.467. The summed E-state index contributed by atoms with van der Waals surface area (Å²) < 4.78 is 14.3. The van der Waals surface area contributed by atoms with E-state index in [2.05, 4.69) is 27.2 Å². The van der Waals surface area contributed by atoms with Crippen LogP contribution in [0.25, 0.3) is 28.4 Å². The third-order valence-corrected chi connectivity index (χ3v) is 7.33. The van der Waals surface area contributed by atoms with Crippen molar-refractivity contribution in [3.8, 4) is 22.8 Å². The fraction of sp³-hybridized carbons (Fsp3) is 0.370. The summed E-state index contributed by atoms with van der Waals surface area (Å²) in [5.41, 5.74) is 2.99. The maximum Gasteiger partial charge on any atom is 0.273 e. The highest BCUT2D eigenvalue weighted by molar-refractivity contribution is 6.05. The minimum absolute atomic E-state index is 0.162. The van der Waals surface area contributed by atoms with Gasteiger partial charge in [0.1, 0.15) is 11.3 Å². The standard InChI is InChI=1S/C27H27FN6O2/c28-14-19-15-33(16-19)27(36)23-24(25-29-10-3-11-30-25)32-34-22(35)13-21(31-26(23)34)20-8-6-18(7-9-20)12-17-4-1-2-5-17/h3,6-11,13,17,19,32H,1-2,4-5,12,14-16H2. The minimum Gasteiger partial charge on any atom is -0.338 e. The molecular formula is C27H27FN6O2. The lowest BCUT2D eigenvalue weighted by Gasteiger charge is -2.37. The molecule has 4 heterocycles. The van der Waals surface area contributed by atoms with Crippen LogP contribution < -0.4 is 5.56 Å². The zero-order valence-electron chi connectivity index (χ0n) is 19.9. The number of rotatable bonds is 6. The topological polar surface area (TPSA) is 96.2 Å². The lowest BCUT2D eigenvalue weighted by Crippen LogP contribution is -2.50. The second-order valence-electron chi connectivity index (χ2n) is 9.85. The van der Waals surface area contributed by atoms with E-state index in [9.17, 15) is 14.0 Å². The number of carbonyl (C=O) groups is 1. The predicted octanol–water partition coefficient (Wildman–Crippen LogP) is 3.92. The number of nitrogens with one attached hydrogen (secondary N) is 1. The van der Waals surface area contributed by atoms with E-state index in [0.29, 0.717) is 24.5 Å². The van der Waals surface area contributed by atoms with Gasteiger partial charge in [-0.15, -0.1) is 0 Å². The molecule has 2 aliphatic rings. The van der Waals surface area contributed by atoms with E-state index in [4.69, 9.17) is 4.98 Å². The first-order valence-electron chi connectivity index (χ1n) is 12.5. The number of nitrogens with zero attached hydrogens (tertiary/aromatic N) is 5. The maximum absolute atomic E-state index is 13.5. The molecule has 36 heavy (non-hydrogen) atoms. The number of fused-ring (bicyclic) bond motifs is 1. The van der Waals surface area contributed by atoms with Crippen molar-refractivity contribution in [3.05, 3.63) is 70.3 Å². The number of carbonyl (C=O) groups excluding carboxylic acids is 1. The Morgan fingerprint density at radius 3 is 2.47 bits per heavy atom. The van der Waals surface area contributed by atoms with Crippen molar-refractivity contribution in [2.45, 2.75) is 32.1 Å². The number of halogens is 1. The molecule has 1 aliphatic heterocycles. The fourth-order valence-electron chi connectivity index (χ4n) is 5.33. The van der Waals surface area contributed by atoms with Gasteiger partial charge in [0.25, 0.3) is 11.5 Å². The van der Waals surface area contributed by atoms with E-state index in [1.165, 1.54) is 41.8 Å². The van der Waals surface area contributed by atoms with Gasteiger partial charge in [0, 0.05) is 43.0 Å². The molecule has 4 aromatic rings. The van der Waals surface area contributed by atoms with Crippen molar-refractivity contribution < 1.29 is 9.18 Å². The molecule has 0 spiro atoms. The molecule has 1 amide bonds. The lowest BCUT2D eigenvalue weighted by atomic mass is 9.97. The van der Waals surface area contributed by atoms with Gasteiger partial charge in [-0.1, -0.05) is 49.9 Å². The third-order valence-electron chi connectivity index (χ3n) is 7.33. The molecule has 184 valence electrons. The molecule has 1 aliphatic carbocycles. The van der Waals surface area contributed by atoms with Crippen LogP contribution in [0.15, 0.2) is 53.6 Å². The van der Waals surface area contributed by atoms with E-state index < -0.39 is 6.67 Å². The van der Waals surface area contributed by atoms with Gasteiger partial charge in [0.2, 0.25) is 0 Å². The monoisotopic (exact) mass is 486 g/mol. The molecule has 6 rings (SSSR count). The largest absolute Gasteiger partial charge is 0.338 e. The summed E-state index contributed by atoms with van der Waals surface area (Å²) in [4.78, 5) is 41.5. The smallest absolute Gasteiger partial charge is 0.273 e. The van der Waals surface area contributed by atoms with Gasteiger partial charge in [0.15, 0.2) is 11.5 Å². The van der Waals surface area contributed by atoms with Gasteiger partial charge < -0.3 is 4.90 Å². The van der Waals surface area contributed by atoms with Crippen LogP contribution in [0, 0.1) is 11.8 Å². The number of hydrogen-bond acceptors (Lipinski definition) is 5. The number of benzene rings is 1. The first-order chi connectivity index (χ1) is 17.6. The number of hydrogen-bond donors (Lipinski definition) is 1. The number of likely N-dealkylation sites (tertiary alicyclic amines) is 1. The number of H-pyrrole nitrogens is 1. The van der Waals surface area contributed by atoms with E-state index in [0.717, 1.165) is 17.9 Å². The Labute approximate surface area is 207 Å². The SMILES string of the molecule is O=C(c1c(-c2ncccn2)[nH]n2c(=O)cc(-c3ccc(CC4CCCC4)cc3)nc12)N1CC(CF)C1. The Morgan fingerprint density at radius 2 is 1.78 bits per heavy atom. The van der Waals surface area contributed by atoms with E-state index in [1.54, 1.807) is 23.4 Å². The zero-order chi connectivity index (χ0) is 24.6. The van der Waals surface area contributed by atoms with Crippen molar-refractivity contribution in [3.63, 3.8) is 0 Å². The van der Waals surface area contributed by atoms with Crippen LogP contribution in [0.4, 0.5) is 4.39 Å². The maximum atomic E-state index is 13.5. The van der Waals surface area contributed by atoms with Crippen molar-refractivity contribution in [1.29, 1.82) is 0 Å². The van der Waals surface area contributed by atoms with Gasteiger partial charge >= 0.3 is 0 Å². The highest BCUT2D eigenvalue weighted by Crippen LogP contribution is 2.30. The molecule has 1 aromatic carbocycles. The summed E-state index contributed by atoms with van der Waals surface area (Å²) >= 11 is 0. The molecule has 0 bridgehead atoms. The number of amides is 1. The van der Waals surface area contributed by atoms with Crippen LogP contribution in [-0.4, -0.2) is 55.1 Å². The number of aromatic nitrogens is 5. The zero-order valence-corrected chi connectivity index (χ0v) is 19.9. The molecule has 1 N–H and O–H groups in total. The average Bonchev–Trinajstić information content (AvgIpc) is 3.52. The molecule has 0 atom stereocenters. The Kier molecular flexibility index (Phi) is 5.83.